The first-order valence-corrected chi connectivity index (χ1v) is 8.68. The van der Waals surface area contributed by atoms with Crippen molar-refractivity contribution >= 4 is 11.6 Å². The highest BCUT2D eigenvalue weighted by atomic mass is 19.1. The van der Waals surface area contributed by atoms with Crippen LogP contribution in [-0.4, -0.2) is 60.1 Å². The first-order chi connectivity index (χ1) is 12.5. The van der Waals surface area contributed by atoms with Crippen LogP contribution in [0.1, 0.15) is 18.4 Å². The van der Waals surface area contributed by atoms with Crippen molar-refractivity contribution in [3.63, 3.8) is 0 Å². The molecule has 1 unspecified atom stereocenters. The molecule has 0 spiro atoms. The van der Waals surface area contributed by atoms with Gasteiger partial charge in [-0.1, -0.05) is 0 Å². The van der Waals surface area contributed by atoms with E-state index >= 15 is 0 Å². The Labute approximate surface area is 152 Å². The topological polar surface area (TPSA) is 48.4 Å². The largest absolute Gasteiger partial charge is 0.363 e. The van der Waals surface area contributed by atoms with E-state index in [4.69, 9.17) is 0 Å². The molecule has 3 heterocycles. The number of piperidine rings is 1. The molecule has 2 aromatic rings. The third-order valence-electron chi connectivity index (χ3n) is 4.82. The summed E-state index contributed by atoms with van der Waals surface area (Å²) in [6, 6.07) is 2.17. The molecule has 8 heteroatoms. The predicted octanol–water partition coefficient (Wildman–Crippen LogP) is 2.32. The molecule has 1 aliphatic rings. The summed E-state index contributed by atoms with van der Waals surface area (Å²) >= 11 is 0. The smallest absolute Gasteiger partial charge is 0.148 e. The minimum atomic E-state index is -0.591. The maximum absolute atomic E-state index is 13.9. The number of pyridine rings is 1. The molecule has 1 fully saturated rings. The zero-order valence-corrected chi connectivity index (χ0v) is 15.4. The second kappa shape index (κ2) is 7.90. The summed E-state index contributed by atoms with van der Waals surface area (Å²) in [6.07, 6.45) is 5.67. The maximum atomic E-state index is 13.9. The average Bonchev–Trinajstić information content (AvgIpc) is 2.64. The van der Waals surface area contributed by atoms with Crippen LogP contribution in [0.2, 0.25) is 0 Å². The summed E-state index contributed by atoms with van der Waals surface area (Å²) in [5, 5.41) is 0. The van der Waals surface area contributed by atoms with Gasteiger partial charge in [0.25, 0.3) is 0 Å². The van der Waals surface area contributed by atoms with Crippen LogP contribution in [0.5, 0.6) is 0 Å². The van der Waals surface area contributed by atoms with Crippen LogP contribution in [-0.2, 0) is 6.54 Å². The normalized spacial score (nSPS) is 18.0. The molecule has 1 atom stereocenters. The fourth-order valence-electron chi connectivity index (χ4n) is 3.27. The van der Waals surface area contributed by atoms with Crippen molar-refractivity contribution in [2.75, 3.05) is 44.0 Å². The zero-order valence-electron chi connectivity index (χ0n) is 15.4. The van der Waals surface area contributed by atoms with Crippen molar-refractivity contribution in [2.24, 2.45) is 0 Å². The average molecular weight is 362 g/mol. The molecule has 0 saturated carbocycles. The maximum Gasteiger partial charge on any atom is 0.148 e. The van der Waals surface area contributed by atoms with E-state index in [-0.39, 0.29) is 18.2 Å². The van der Waals surface area contributed by atoms with Crippen LogP contribution >= 0.6 is 0 Å². The van der Waals surface area contributed by atoms with Crippen LogP contribution in [0, 0.1) is 11.6 Å². The number of hydrogen-bond donors (Lipinski definition) is 0. The van der Waals surface area contributed by atoms with E-state index in [0.29, 0.717) is 0 Å². The Kier molecular flexibility index (Phi) is 5.61. The van der Waals surface area contributed by atoms with Gasteiger partial charge in [0.15, 0.2) is 0 Å². The van der Waals surface area contributed by atoms with Gasteiger partial charge in [-0.15, -0.1) is 0 Å². The van der Waals surface area contributed by atoms with E-state index in [1.165, 1.54) is 0 Å². The van der Waals surface area contributed by atoms with E-state index in [9.17, 15) is 8.78 Å². The fraction of sp³-hybridized carbons (Fsp3) is 0.500. The molecule has 0 amide bonds. The van der Waals surface area contributed by atoms with Gasteiger partial charge in [-0.05, 0) is 19.4 Å². The summed E-state index contributed by atoms with van der Waals surface area (Å²) in [4.78, 5) is 18.3. The summed E-state index contributed by atoms with van der Waals surface area (Å²) in [6.45, 7) is 1.79. The highest BCUT2D eigenvalue weighted by Crippen LogP contribution is 2.23. The first kappa shape index (κ1) is 18.4. The van der Waals surface area contributed by atoms with Crippen molar-refractivity contribution in [1.82, 2.24) is 19.9 Å². The quantitative estimate of drug-likeness (QED) is 0.814. The molecule has 0 bridgehead atoms. The van der Waals surface area contributed by atoms with E-state index in [2.05, 4.69) is 24.8 Å². The SMILES string of the molecule is CN(C)c1cc(N(C)C2CCCN(Cc3c(F)cncc3F)C2)ncn1. The van der Waals surface area contributed by atoms with Crippen LogP contribution < -0.4 is 9.80 Å². The minimum absolute atomic E-state index is 0.0835. The number of aromatic nitrogens is 3. The summed E-state index contributed by atoms with van der Waals surface area (Å²) in [5.74, 6) is 0.506. The Morgan fingerprint density at radius 1 is 1.12 bits per heavy atom. The number of anilines is 2. The first-order valence-electron chi connectivity index (χ1n) is 8.68. The molecule has 2 aromatic heterocycles. The molecule has 140 valence electrons. The molecule has 26 heavy (non-hydrogen) atoms. The van der Waals surface area contributed by atoms with Crippen molar-refractivity contribution in [2.45, 2.75) is 25.4 Å². The van der Waals surface area contributed by atoms with Crippen LogP contribution in [0.3, 0.4) is 0 Å². The van der Waals surface area contributed by atoms with Crippen molar-refractivity contribution < 1.29 is 8.78 Å². The Hall–Kier alpha value is -2.35. The van der Waals surface area contributed by atoms with E-state index in [1.807, 2.05) is 32.1 Å². The molecular weight excluding hydrogens is 338 g/mol. The number of likely N-dealkylation sites (tertiary alicyclic amines) is 1. The second-order valence-corrected chi connectivity index (χ2v) is 6.85. The molecule has 0 aliphatic carbocycles. The van der Waals surface area contributed by atoms with Crippen LogP contribution in [0.15, 0.2) is 24.8 Å². The minimum Gasteiger partial charge on any atom is -0.363 e. The lowest BCUT2D eigenvalue weighted by atomic mass is 10.0. The molecule has 0 radical (unpaired) electrons. The third kappa shape index (κ3) is 4.07. The van der Waals surface area contributed by atoms with Crippen molar-refractivity contribution in [3.05, 3.63) is 42.0 Å². The Morgan fingerprint density at radius 3 is 2.50 bits per heavy atom. The van der Waals surface area contributed by atoms with Gasteiger partial charge < -0.3 is 9.80 Å². The van der Waals surface area contributed by atoms with Crippen molar-refractivity contribution in [3.8, 4) is 0 Å². The molecule has 0 aromatic carbocycles. The molecule has 3 rings (SSSR count). The van der Waals surface area contributed by atoms with Gasteiger partial charge in [-0.3, -0.25) is 9.88 Å². The lowest BCUT2D eigenvalue weighted by Crippen LogP contribution is -2.46. The van der Waals surface area contributed by atoms with Crippen molar-refractivity contribution in [1.29, 1.82) is 0 Å². The zero-order chi connectivity index (χ0) is 18.7. The summed E-state index contributed by atoms with van der Waals surface area (Å²) in [7, 11) is 5.88. The third-order valence-corrected chi connectivity index (χ3v) is 4.82. The molecule has 1 saturated heterocycles. The molecule has 0 N–H and O–H groups in total. The summed E-state index contributed by atoms with van der Waals surface area (Å²) < 4.78 is 27.8. The van der Waals surface area contributed by atoms with Gasteiger partial charge in [-0.2, -0.15) is 0 Å². The molecular formula is C18H24F2N6. The Balaban J connectivity index is 1.71. The number of hydrogen-bond acceptors (Lipinski definition) is 6. The monoisotopic (exact) mass is 362 g/mol. The number of halogens is 2. The van der Waals surface area contributed by atoms with Crippen LogP contribution in [0.4, 0.5) is 20.4 Å². The number of nitrogens with zero attached hydrogens (tertiary/aromatic N) is 6. The standard InChI is InChI=1S/C18H24F2N6/c1-24(2)17-7-18(23-12-22-17)25(3)13-5-4-6-26(10-13)11-14-15(19)8-21-9-16(14)20/h7-9,12-13H,4-6,10-11H2,1-3H3. The van der Waals surface area contributed by atoms with Gasteiger partial charge in [0.2, 0.25) is 0 Å². The molecule has 1 aliphatic heterocycles. The lowest BCUT2D eigenvalue weighted by molar-refractivity contribution is 0.193. The van der Waals surface area contributed by atoms with E-state index in [1.54, 1.807) is 6.33 Å². The van der Waals surface area contributed by atoms with Gasteiger partial charge >= 0.3 is 0 Å². The Morgan fingerprint density at radius 2 is 1.81 bits per heavy atom. The van der Waals surface area contributed by atoms with Crippen LogP contribution in [0.25, 0.3) is 0 Å². The highest BCUT2D eigenvalue weighted by Gasteiger charge is 2.26. The predicted molar refractivity (Wildman–Crippen MR) is 97.2 cm³/mol. The van der Waals surface area contributed by atoms with E-state index in [0.717, 1.165) is 50.0 Å². The van der Waals surface area contributed by atoms with Gasteiger partial charge in [0.05, 0.1) is 12.4 Å². The van der Waals surface area contributed by atoms with E-state index < -0.39 is 11.6 Å². The molecule has 6 nitrogen and oxygen atoms in total. The number of likely N-dealkylation sites (N-methyl/N-ethyl adjacent to an activating group) is 1. The number of rotatable bonds is 5. The van der Waals surface area contributed by atoms with Gasteiger partial charge in [-0.25, -0.2) is 18.7 Å². The van der Waals surface area contributed by atoms with Gasteiger partial charge in [0, 0.05) is 51.9 Å². The fourth-order valence-corrected chi connectivity index (χ4v) is 3.27. The Bertz CT molecular complexity index is 734. The van der Waals surface area contributed by atoms with Gasteiger partial charge in [0.1, 0.15) is 29.6 Å². The lowest BCUT2D eigenvalue weighted by Gasteiger charge is -2.38. The highest BCUT2D eigenvalue weighted by molar-refractivity contribution is 5.49. The summed E-state index contributed by atoms with van der Waals surface area (Å²) in [5.41, 5.74) is 0.0835. The second-order valence-electron chi connectivity index (χ2n) is 6.85.